The number of piperidine rings is 1. The number of carbonyl (C=O) groups is 1. The third-order valence-corrected chi connectivity index (χ3v) is 7.17. The van der Waals surface area contributed by atoms with E-state index in [1.807, 2.05) is 24.1 Å². The molecule has 2 fully saturated rings. The van der Waals surface area contributed by atoms with Crippen molar-refractivity contribution in [3.05, 3.63) is 32.2 Å². The smallest absolute Gasteiger partial charge is 0.273 e. The van der Waals surface area contributed by atoms with Gasteiger partial charge in [-0.05, 0) is 26.8 Å². The van der Waals surface area contributed by atoms with Crippen molar-refractivity contribution in [3.8, 4) is 0 Å². The van der Waals surface area contributed by atoms with Crippen LogP contribution in [0.5, 0.6) is 0 Å². The van der Waals surface area contributed by atoms with Gasteiger partial charge in [-0.3, -0.25) is 9.69 Å². The van der Waals surface area contributed by atoms with Crippen molar-refractivity contribution in [3.63, 3.8) is 0 Å². The van der Waals surface area contributed by atoms with Gasteiger partial charge in [0, 0.05) is 43.4 Å². The van der Waals surface area contributed by atoms with Crippen LogP contribution in [0.3, 0.4) is 0 Å². The molecule has 0 saturated carbocycles. The summed E-state index contributed by atoms with van der Waals surface area (Å²) in [7, 11) is 0. The van der Waals surface area contributed by atoms with E-state index < -0.39 is 11.3 Å². The van der Waals surface area contributed by atoms with E-state index >= 15 is 0 Å². The zero-order chi connectivity index (χ0) is 19.2. The summed E-state index contributed by atoms with van der Waals surface area (Å²) in [6.45, 7) is 5.42. The van der Waals surface area contributed by atoms with Gasteiger partial charge in [0.25, 0.3) is 11.8 Å². The fourth-order valence-electron chi connectivity index (χ4n) is 4.13. The summed E-state index contributed by atoms with van der Waals surface area (Å²) in [5.74, 6) is -3.00. The molecule has 1 unspecified atom stereocenters. The Bertz CT molecular complexity index is 852. The summed E-state index contributed by atoms with van der Waals surface area (Å²) in [5.41, 5.74) is 0.113. The number of carbonyl (C=O) groups excluding carboxylic acids is 1. The molecule has 27 heavy (non-hydrogen) atoms. The van der Waals surface area contributed by atoms with Crippen LogP contribution in [0, 0.1) is 19.3 Å². The number of aryl methyl sites for hydroxylation is 2. The lowest BCUT2D eigenvalue weighted by molar-refractivity contribution is -0.155. The van der Waals surface area contributed by atoms with E-state index in [1.165, 1.54) is 11.3 Å². The maximum Gasteiger partial charge on any atom is 0.273 e. The minimum Gasteiger partial charge on any atom is -0.336 e. The summed E-state index contributed by atoms with van der Waals surface area (Å²) in [4.78, 5) is 25.0. The Morgan fingerprint density at radius 1 is 1.11 bits per heavy atom. The van der Waals surface area contributed by atoms with Gasteiger partial charge < -0.3 is 4.90 Å². The van der Waals surface area contributed by atoms with Crippen LogP contribution in [0.1, 0.15) is 39.0 Å². The van der Waals surface area contributed by atoms with Crippen molar-refractivity contribution in [2.45, 2.75) is 39.2 Å². The maximum absolute atomic E-state index is 14.9. The van der Waals surface area contributed by atoms with Crippen molar-refractivity contribution in [1.82, 2.24) is 19.8 Å². The lowest BCUT2D eigenvalue weighted by atomic mass is 9.75. The van der Waals surface area contributed by atoms with Gasteiger partial charge in [0.15, 0.2) is 0 Å². The van der Waals surface area contributed by atoms with Crippen LogP contribution in [-0.4, -0.2) is 57.8 Å². The quantitative estimate of drug-likeness (QED) is 0.773. The Labute approximate surface area is 165 Å². The van der Waals surface area contributed by atoms with Gasteiger partial charge in [0.2, 0.25) is 0 Å². The Morgan fingerprint density at radius 2 is 1.85 bits per heavy atom. The monoisotopic (exact) mass is 412 g/mol. The first kappa shape index (κ1) is 18.9. The first-order chi connectivity index (χ1) is 12.8. The second-order valence-corrected chi connectivity index (χ2v) is 9.66. The Hall–Kier alpha value is -1.45. The third kappa shape index (κ3) is 3.52. The Morgan fingerprint density at radius 3 is 2.52 bits per heavy atom. The molecule has 2 aromatic rings. The molecule has 2 aliphatic rings. The predicted octanol–water partition coefficient (Wildman–Crippen LogP) is 3.59. The number of hydrogen-bond donors (Lipinski definition) is 0. The molecule has 0 aliphatic carbocycles. The molecule has 2 saturated heterocycles. The highest BCUT2D eigenvalue weighted by Gasteiger charge is 2.59. The number of rotatable bonds is 3. The van der Waals surface area contributed by atoms with Crippen molar-refractivity contribution < 1.29 is 13.6 Å². The summed E-state index contributed by atoms with van der Waals surface area (Å²) >= 11 is 2.98. The van der Waals surface area contributed by atoms with Gasteiger partial charge in [-0.2, -0.15) is 0 Å². The van der Waals surface area contributed by atoms with E-state index in [9.17, 15) is 13.6 Å². The number of alkyl halides is 2. The molecule has 1 amide bonds. The molecule has 5 nitrogen and oxygen atoms in total. The fraction of sp³-hybridized carbons (Fsp3) is 0.611. The molecule has 4 rings (SSSR count). The van der Waals surface area contributed by atoms with Crippen LogP contribution in [0.15, 0.2) is 10.8 Å². The van der Waals surface area contributed by atoms with Gasteiger partial charge in [0.1, 0.15) is 5.69 Å². The number of likely N-dealkylation sites (tertiary alicyclic amines) is 2. The lowest BCUT2D eigenvalue weighted by Gasteiger charge is -2.45. The van der Waals surface area contributed by atoms with Crippen molar-refractivity contribution in [1.29, 1.82) is 0 Å². The highest BCUT2D eigenvalue weighted by Crippen LogP contribution is 2.49. The van der Waals surface area contributed by atoms with Crippen molar-refractivity contribution in [2.24, 2.45) is 5.41 Å². The highest BCUT2D eigenvalue weighted by atomic mass is 32.1. The largest absolute Gasteiger partial charge is 0.336 e. The first-order valence-electron chi connectivity index (χ1n) is 9.01. The average Bonchev–Trinajstić information content (AvgIpc) is 3.32. The second-order valence-electron chi connectivity index (χ2n) is 7.53. The number of nitrogens with zero attached hydrogens (tertiary/aromatic N) is 4. The molecule has 4 heterocycles. The number of thiazole rings is 2. The van der Waals surface area contributed by atoms with Crippen LogP contribution in [0.25, 0.3) is 0 Å². The molecule has 1 atom stereocenters. The molecule has 0 aromatic carbocycles. The molecule has 0 radical (unpaired) electrons. The maximum atomic E-state index is 14.9. The fourth-order valence-corrected chi connectivity index (χ4v) is 5.32. The van der Waals surface area contributed by atoms with E-state index in [2.05, 4.69) is 9.97 Å². The van der Waals surface area contributed by atoms with Crippen LogP contribution in [0.2, 0.25) is 0 Å². The van der Waals surface area contributed by atoms with Crippen LogP contribution >= 0.6 is 22.7 Å². The number of aromatic nitrogens is 2. The number of hydrogen-bond acceptors (Lipinski definition) is 6. The summed E-state index contributed by atoms with van der Waals surface area (Å²) in [5, 5.41) is 5.49. The average molecular weight is 413 g/mol. The molecule has 0 bridgehead atoms. The third-order valence-electron chi connectivity index (χ3n) is 5.58. The summed E-state index contributed by atoms with van der Waals surface area (Å²) < 4.78 is 29.9. The van der Waals surface area contributed by atoms with Crippen LogP contribution in [0.4, 0.5) is 8.78 Å². The molecule has 2 aliphatic heterocycles. The van der Waals surface area contributed by atoms with Gasteiger partial charge in [0.05, 0.1) is 21.1 Å². The van der Waals surface area contributed by atoms with Gasteiger partial charge in [-0.1, -0.05) is 0 Å². The van der Waals surface area contributed by atoms with E-state index in [-0.39, 0.29) is 32.0 Å². The van der Waals surface area contributed by atoms with E-state index in [1.54, 1.807) is 21.6 Å². The van der Waals surface area contributed by atoms with Gasteiger partial charge >= 0.3 is 0 Å². The minimum atomic E-state index is -2.77. The van der Waals surface area contributed by atoms with Gasteiger partial charge in [-0.25, -0.2) is 18.7 Å². The Kier molecular flexibility index (Phi) is 4.80. The molecular formula is C18H22F2N4OS2. The number of halogens is 2. The summed E-state index contributed by atoms with van der Waals surface area (Å²) in [6.07, 6.45) is 0.106. The van der Waals surface area contributed by atoms with E-state index in [0.717, 1.165) is 15.7 Å². The minimum absolute atomic E-state index is 0.0788. The zero-order valence-electron chi connectivity index (χ0n) is 15.4. The second kappa shape index (κ2) is 6.86. The van der Waals surface area contributed by atoms with Crippen molar-refractivity contribution >= 4 is 28.6 Å². The predicted molar refractivity (Wildman–Crippen MR) is 101 cm³/mol. The molecule has 1 spiro atoms. The topological polar surface area (TPSA) is 49.3 Å². The van der Waals surface area contributed by atoms with Gasteiger partial charge in [-0.15, -0.1) is 22.7 Å². The SMILES string of the molecule is Cc1nc(CN2CCC3(C2)CN(C(=O)c2csc(C)n2)CCC3(F)F)cs1. The zero-order valence-corrected chi connectivity index (χ0v) is 17.0. The molecule has 146 valence electrons. The Balaban J connectivity index is 1.50. The molecule has 0 N–H and O–H groups in total. The summed E-state index contributed by atoms with van der Waals surface area (Å²) in [6, 6.07) is 0. The lowest BCUT2D eigenvalue weighted by Crippen LogP contribution is -2.58. The highest BCUT2D eigenvalue weighted by molar-refractivity contribution is 7.09. The number of amides is 1. The first-order valence-corrected chi connectivity index (χ1v) is 10.8. The molecule has 2 aromatic heterocycles. The normalized spacial score (nSPS) is 25.4. The molecule has 9 heteroatoms. The molecular weight excluding hydrogens is 390 g/mol. The van der Waals surface area contributed by atoms with Crippen LogP contribution in [-0.2, 0) is 6.54 Å². The van der Waals surface area contributed by atoms with E-state index in [4.69, 9.17) is 0 Å². The van der Waals surface area contributed by atoms with Crippen LogP contribution < -0.4 is 0 Å². The van der Waals surface area contributed by atoms with Crippen molar-refractivity contribution in [2.75, 3.05) is 26.2 Å². The van der Waals surface area contributed by atoms with E-state index in [0.29, 0.717) is 25.2 Å². The standard InChI is InChI=1S/C18H22F2N4OS2/c1-12-21-14(8-26-12)7-23-5-3-17(10-23)11-24(6-4-18(17,19)20)16(25)15-9-27-13(2)22-15/h8-9H,3-7,10-11H2,1-2H3.